The van der Waals surface area contributed by atoms with Crippen LogP contribution in [0.2, 0.25) is 0 Å². The zero-order valence-electron chi connectivity index (χ0n) is 11.1. The molecule has 108 valence electrons. The third-order valence-corrected chi connectivity index (χ3v) is 5.20. The van der Waals surface area contributed by atoms with Crippen LogP contribution in [0, 0.1) is 0 Å². The Morgan fingerprint density at radius 2 is 2.00 bits per heavy atom. The number of hydrogen-bond acceptors (Lipinski definition) is 3. The number of aliphatic carboxylic acids is 1. The molecule has 0 aliphatic carbocycles. The number of likely N-dealkylation sites (tertiary alicyclic amines) is 1. The lowest BCUT2D eigenvalue weighted by atomic mass is 10.0. The second-order valence-corrected chi connectivity index (χ2v) is 6.63. The van der Waals surface area contributed by atoms with Crippen LogP contribution in [0.3, 0.4) is 0 Å². The number of urea groups is 1. The third kappa shape index (κ3) is 4.03. The summed E-state index contributed by atoms with van der Waals surface area (Å²) in [6.45, 7) is 1.22. The molecule has 2 atom stereocenters. The first-order chi connectivity index (χ1) is 9.18. The first kappa shape index (κ1) is 14.5. The molecule has 2 N–H and O–H groups in total. The SMILES string of the molecule is O=C(O)C1CCCCN1C(=O)NCC1CCCCS1. The molecular formula is C13H22N2O3S. The molecular weight excluding hydrogens is 264 g/mol. The van der Waals surface area contributed by atoms with Crippen molar-refractivity contribution in [3.8, 4) is 0 Å². The highest BCUT2D eigenvalue weighted by atomic mass is 32.2. The van der Waals surface area contributed by atoms with Crippen molar-refractivity contribution in [1.29, 1.82) is 0 Å². The normalized spacial score (nSPS) is 27.9. The van der Waals surface area contributed by atoms with E-state index < -0.39 is 12.0 Å². The summed E-state index contributed by atoms with van der Waals surface area (Å²) >= 11 is 1.91. The number of nitrogens with zero attached hydrogens (tertiary/aromatic N) is 1. The van der Waals surface area contributed by atoms with Gasteiger partial charge in [0.25, 0.3) is 0 Å². The number of carboxylic acids is 1. The second kappa shape index (κ2) is 7.03. The number of carbonyl (C=O) groups excluding carboxylic acids is 1. The smallest absolute Gasteiger partial charge is 0.326 e. The van der Waals surface area contributed by atoms with Crippen LogP contribution >= 0.6 is 11.8 Å². The van der Waals surface area contributed by atoms with Crippen molar-refractivity contribution < 1.29 is 14.7 Å². The lowest BCUT2D eigenvalue weighted by Gasteiger charge is -2.33. The Bertz CT molecular complexity index is 332. The van der Waals surface area contributed by atoms with E-state index in [0.717, 1.165) is 19.3 Å². The quantitative estimate of drug-likeness (QED) is 0.831. The molecule has 0 spiro atoms. The summed E-state index contributed by atoms with van der Waals surface area (Å²) in [5.74, 6) is 0.282. The van der Waals surface area contributed by atoms with Gasteiger partial charge < -0.3 is 15.3 Å². The number of nitrogens with one attached hydrogen (secondary N) is 1. The summed E-state index contributed by atoms with van der Waals surface area (Å²) in [7, 11) is 0. The molecule has 0 aromatic carbocycles. The molecule has 2 aliphatic rings. The Labute approximate surface area is 118 Å². The Kier molecular flexibility index (Phi) is 5.36. The van der Waals surface area contributed by atoms with Gasteiger partial charge in [-0.3, -0.25) is 0 Å². The molecule has 0 aromatic rings. The average Bonchev–Trinajstić information content (AvgIpc) is 2.46. The summed E-state index contributed by atoms with van der Waals surface area (Å²) < 4.78 is 0. The molecule has 0 aromatic heterocycles. The first-order valence-corrected chi connectivity index (χ1v) is 8.12. The molecule has 2 aliphatic heterocycles. The molecule has 5 nitrogen and oxygen atoms in total. The van der Waals surface area contributed by atoms with Crippen molar-refractivity contribution in [2.75, 3.05) is 18.8 Å². The second-order valence-electron chi connectivity index (χ2n) is 5.22. The molecule has 2 amide bonds. The summed E-state index contributed by atoms with van der Waals surface area (Å²) in [6, 6.07) is -0.856. The number of amides is 2. The number of hydrogen-bond donors (Lipinski definition) is 2. The number of rotatable bonds is 3. The van der Waals surface area contributed by atoms with Crippen LogP contribution in [0.25, 0.3) is 0 Å². The zero-order chi connectivity index (χ0) is 13.7. The highest BCUT2D eigenvalue weighted by molar-refractivity contribution is 7.99. The van der Waals surface area contributed by atoms with Crippen molar-refractivity contribution in [2.24, 2.45) is 0 Å². The topological polar surface area (TPSA) is 69.6 Å². The van der Waals surface area contributed by atoms with E-state index in [1.165, 1.54) is 23.5 Å². The van der Waals surface area contributed by atoms with Gasteiger partial charge in [-0.2, -0.15) is 11.8 Å². The molecule has 0 bridgehead atoms. The number of carboxylic acid groups (broad SMARTS) is 1. The van der Waals surface area contributed by atoms with E-state index in [1.54, 1.807) is 0 Å². The van der Waals surface area contributed by atoms with Crippen LogP contribution in [0.15, 0.2) is 0 Å². The van der Waals surface area contributed by atoms with Gasteiger partial charge >= 0.3 is 12.0 Å². The van der Waals surface area contributed by atoms with Gasteiger partial charge in [0.1, 0.15) is 6.04 Å². The molecule has 0 radical (unpaired) electrons. The van der Waals surface area contributed by atoms with E-state index in [-0.39, 0.29) is 6.03 Å². The van der Waals surface area contributed by atoms with Gasteiger partial charge in [-0.15, -0.1) is 0 Å². The van der Waals surface area contributed by atoms with Gasteiger partial charge in [-0.25, -0.2) is 9.59 Å². The molecule has 2 fully saturated rings. The van der Waals surface area contributed by atoms with E-state index in [1.807, 2.05) is 11.8 Å². The van der Waals surface area contributed by atoms with Crippen LogP contribution in [-0.2, 0) is 4.79 Å². The number of carbonyl (C=O) groups is 2. The van der Waals surface area contributed by atoms with Crippen molar-refractivity contribution >= 4 is 23.8 Å². The van der Waals surface area contributed by atoms with Crippen LogP contribution < -0.4 is 5.32 Å². The minimum Gasteiger partial charge on any atom is -0.480 e. The number of piperidine rings is 1. The maximum Gasteiger partial charge on any atom is 0.326 e. The summed E-state index contributed by atoms with van der Waals surface area (Å²) in [5.41, 5.74) is 0. The van der Waals surface area contributed by atoms with Crippen molar-refractivity contribution in [2.45, 2.75) is 49.8 Å². The predicted molar refractivity (Wildman–Crippen MR) is 75.5 cm³/mol. The first-order valence-electron chi connectivity index (χ1n) is 7.07. The summed E-state index contributed by atoms with van der Waals surface area (Å²) in [6.07, 6.45) is 6.00. The Balaban J connectivity index is 1.81. The molecule has 0 saturated carbocycles. The summed E-state index contributed by atoms with van der Waals surface area (Å²) in [4.78, 5) is 24.7. The lowest BCUT2D eigenvalue weighted by molar-refractivity contribution is -0.143. The molecule has 19 heavy (non-hydrogen) atoms. The molecule has 2 heterocycles. The van der Waals surface area contributed by atoms with E-state index in [4.69, 9.17) is 5.11 Å². The van der Waals surface area contributed by atoms with Gasteiger partial charge in [0.05, 0.1) is 0 Å². The minimum absolute atomic E-state index is 0.210. The zero-order valence-corrected chi connectivity index (χ0v) is 12.0. The largest absolute Gasteiger partial charge is 0.480 e. The fraction of sp³-hybridized carbons (Fsp3) is 0.846. The molecule has 6 heteroatoms. The molecule has 2 unspecified atom stereocenters. The fourth-order valence-electron chi connectivity index (χ4n) is 2.70. The summed E-state index contributed by atoms with van der Waals surface area (Å²) in [5, 5.41) is 12.5. The van der Waals surface area contributed by atoms with Crippen LogP contribution in [-0.4, -0.2) is 52.1 Å². The van der Waals surface area contributed by atoms with Gasteiger partial charge in [0.2, 0.25) is 0 Å². The van der Waals surface area contributed by atoms with E-state index in [2.05, 4.69) is 5.32 Å². The van der Waals surface area contributed by atoms with Crippen molar-refractivity contribution in [3.63, 3.8) is 0 Å². The fourth-order valence-corrected chi connectivity index (χ4v) is 3.94. The van der Waals surface area contributed by atoms with Crippen LogP contribution in [0.4, 0.5) is 4.79 Å². The van der Waals surface area contributed by atoms with Gasteiger partial charge in [0, 0.05) is 18.3 Å². The predicted octanol–water partition coefficient (Wildman–Crippen LogP) is 1.92. The third-order valence-electron chi connectivity index (χ3n) is 3.80. The molecule has 2 rings (SSSR count). The van der Waals surface area contributed by atoms with Gasteiger partial charge in [0.15, 0.2) is 0 Å². The maximum atomic E-state index is 12.1. The van der Waals surface area contributed by atoms with E-state index >= 15 is 0 Å². The lowest BCUT2D eigenvalue weighted by Crippen LogP contribution is -2.52. The number of thioether (sulfide) groups is 1. The highest BCUT2D eigenvalue weighted by Crippen LogP contribution is 2.24. The van der Waals surface area contributed by atoms with Gasteiger partial charge in [-0.1, -0.05) is 6.42 Å². The van der Waals surface area contributed by atoms with Crippen molar-refractivity contribution in [1.82, 2.24) is 10.2 Å². The Morgan fingerprint density at radius 3 is 2.68 bits per heavy atom. The minimum atomic E-state index is -0.887. The Morgan fingerprint density at radius 1 is 1.21 bits per heavy atom. The van der Waals surface area contributed by atoms with E-state index in [0.29, 0.717) is 24.8 Å². The van der Waals surface area contributed by atoms with Gasteiger partial charge in [-0.05, 0) is 37.9 Å². The monoisotopic (exact) mass is 286 g/mol. The van der Waals surface area contributed by atoms with Crippen molar-refractivity contribution in [3.05, 3.63) is 0 Å². The van der Waals surface area contributed by atoms with Crippen LogP contribution in [0.5, 0.6) is 0 Å². The standard InChI is InChI=1S/C13H22N2O3S/c16-12(17)11-6-1-3-7-15(11)13(18)14-9-10-5-2-4-8-19-10/h10-11H,1-9H2,(H,14,18)(H,16,17). The van der Waals surface area contributed by atoms with E-state index in [9.17, 15) is 9.59 Å². The average molecular weight is 286 g/mol. The maximum absolute atomic E-state index is 12.1. The Hall–Kier alpha value is -0.910. The van der Waals surface area contributed by atoms with Crippen LogP contribution in [0.1, 0.15) is 38.5 Å². The highest BCUT2D eigenvalue weighted by Gasteiger charge is 2.32. The molecule has 2 saturated heterocycles.